The predicted molar refractivity (Wildman–Crippen MR) is 107 cm³/mol. The molecule has 144 valence electrons. The van der Waals surface area contributed by atoms with E-state index >= 15 is 0 Å². The molecule has 1 aromatic heterocycles. The first-order chi connectivity index (χ1) is 13.1. The summed E-state index contributed by atoms with van der Waals surface area (Å²) in [4.78, 5) is 16.3. The van der Waals surface area contributed by atoms with Crippen LogP contribution in [0.3, 0.4) is 0 Å². The van der Waals surface area contributed by atoms with Crippen LogP contribution in [0.4, 0.5) is 5.69 Å². The van der Waals surface area contributed by atoms with Crippen molar-refractivity contribution in [1.29, 1.82) is 0 Å². The van der Waals surface area contributed by atoms with Gasteiger partial charge in [0.2, 0.25) is 0 Å². The lowest BCUT2D eigenvalue weighted by Gasteiger charge is -2.19. The van der Waals surface area contributed by atoms with Crippen LogP contribution in [-0.2, 0) is 11.3 Å². The number of rotatable bonds is 7. The minimum Gasteiger partial charge on any atom is -0.376 e. The van der Waals surface area contributed by atoms with Gasteiger partial charge in [0.05, 0.1) is 23.6 Å². The number of nitro groups is 1. The van der Waals surface area contributed by atoms with Crippen molar-refractivity contribution in [2.24, 2.45) is 4.99 Å². The molecule has 27 heavy (non-hydrogen) atoms. The van der Waals surface area contributed by atoms with Gasteiger partial charge in [0.15, 0.2) is 5.96 Å². The molecule has 0 bridgehead atoms. The molecule has 2 unspecified atom stereocenters. The van der Waals surface area contributed by atoms with E-state index in [0.29, 0.717) is 19.0 Å². The maximum Gasteiger partial charge on any atom is 0.269 e. The third-order valence-corrected chi connectivity index (χ3v) is 5.47. The van der Waals surface area contributed by atoms with Crippen molar-refractivity contribution in [3.63, 3.8) is 0 Å². The highest BCUT2D eigenvalue weighted by Crippen LogP contribution is 2.18. The Morgan fingerprint density at radius 1 is 1.41 bits per heavy atom. The van der Waals surface area contributed by atoms with Crippen LogP contribution in [0.5, 0.6) is 0 Å². The molecular formula is C19H24N4O3S. The van der Waals surface area contributed by atoms with E-state index in [-0.39, 0.29) is 17.8 Å². The Morgan fingerprint density at radius 3 is 2.85 bits per heavy atom. The summed E-state index contributed by atoms with van der Waals surface area (Å²) in [6.45, 7) is 4.07. The quantitative estimate of drug-likeness (QED) is 0.327. The fourth-order valence-corrected chi connectivity index (χ4v) is 3.61. The number of non-ortho nitro benzene ring substituents is 1. The summed E-state index contributed by atoms with van der Waals surface area (Å²) < 4.78 is 5.67. The fraction of sp³-hybridized carbons (Fsp3) is 0.421. The van der Waals surface area contributed by atoms with Crippen LogP contribution in [-0.4, -0.2) is 30.1 Å². The molecular weight excluding hydrogens is 364 g/mol. The predicted octanol–water partition coefficient (Wildman–Crippen LogP) is 3.63. The molecule has 1 aliphatic heterocycles. The van der Waals surface area contributed by atoms with E-state index in [2.05, 4.69) is 34.0 Å². The highest BCUT2D eigenvalue weighted by atomic mass is 32.1. The number of nitrogens with zero attached hydrogens (tertiary/aromatic N) is 2. The molecule has 2 heterocycles. The molecule has 7 nitrogen and oxygen atoms in total. The summed E-state index contributed by atoms with van der Waals surface area (Å²) in [6, 6.07) is 10.8. The number of guanidine groups is 1. The lowest BCUT2D eigenvalue weighted by atomic mass is 10.2. The standard InChI is InChI=1S/C19H24N4O3S/c1-14(18-5-3-11-27-18)22-19(21-13-17-4-2-10-26-17)20-12-15-6-8-16(9-7-15)23(24)25/h3,5-9,11,14,17H,2,4,10,12-13H2,1H3,(H2,20,21,22). The molecule has 2 atom stereocenters. The van der Waals surface area contributed by atoms with Gasteiger partial charge in [-0.2, -0.15) is 0 Å². The van der Waals surface area contributed by atoms with E-state index in [9.17, 15) is 10.1 Å². The Labute approximate surface area is 162 Å². The van der Waals surface area contributed by atoms with Gasteiger partial charge in [-0.1, -0.05) is 18.2 Å². The van der Waals surface area contributed by atoms with Crippen molar-refractivity contribution in [2.45, 2.75) is 38.5 Å². The fourth-order valence-electron chi connectivity index (χ4n) is 2.88. The smallest absolute Gasteiger partial charge is 0.269 e. The Balaban J connectivity index is 1.64. The normalized spacial score (nSPS) is 18.3. The average molecular weight is 388 g/mol. The highest BCUT2D eigenvalue weighted by Gasteiger charge is 2.16. The number of thiophene rings is 1. The summed E-state index contributed by atoms with van der Waals surface area (Å²) in [6.07, 6.45) is 2.37. The van der Waals surface area contributed by atoms with Crippen molar-refractivity contribution in [3.8, 4) is 0 Å². The van der Waals surface area contributed by atoms with Gasteiger partial charge in [0.1, 0.15) is 0 Å². The second-order valence-electron chi connectivity index (χ2n) is 6.49. The lowest BCUT2D eigenvalue weighted by molar-refractivity contribution is -0.384. The van der Waals surface area contributed by atoms with Crippen LogP contribution >= 0.6 is 11.3 Å². The molecule has 1 fully saturated rings. The molecule has 3 rings (SSSR count). The Morgan fingerprint density at radius 2 is 2.22 bits per heavy atom. The summed E-state index contributed by atoms with van der Waals surface area (Å²) in [5.41, 5.74) is 1.01. The SMILES string of the molecule is CC(NC(=NCc1ccc([N+](=O)[O-])cc1)NCC1CCCO1)c1cccs1. The molecule has 2 aromatic rings. The van der Waals surface area contributed by atoms with Crippen molar-refractivity contribution >= 4 is 23.0 Å². The molecule has 1 aromatic carbocycles. The third kappa shape index (κ3) is 5.77. The molecule has 0 spiro atoms. The molecule has 0 amide bonds. The number of benzene rings is 1. The van der Waals surface area contributed by atoms with Gasteiger partial charge in [-0.25, -0.2) is 4.99 Å². The van der Waals surface area contributed by atoms with Crippen molar-refractivity contribution in [3.05, 3.63) is 62.3 Å². The lowest BCUT2D eigenvalue weighted by Crippen LogP contribution is -2.42. The summed E-state index contributed by atoms with van der Waals surface area (Å²) in [7, 11) is 0. The third-order valence-electron chi connectivity index (χ3n) is 4.41. The van der Waals surface area contributed by atoms with Crippen LogP contribution in [0.1, 0.15) is 36.2 Å². The summed E-state index contributed by atoms with van der Waals surface area (Å²) >= 11 is 1.70. The minimum absolute atomic E-state index is 0.0869. The monoisotopic (exact) mass is 388 g/mol. The highest BCUT2D eigenvalue weighted by molar-refractivity contribution is 7.10. The Hall–Kier alpha value is -2.45. The number of nitrogens with one attached hydrogen (secondary N) is 2. The number of aliphatic imine (C=N–C) groups is 1. The van der Waals surface area contributed by atoms with Gasteiger partial charge < -0.3 is 15.4 Å². The Bertz CT molecular complexity index is 756. The van der Waals surface area contributed by atoms with Crippen molar-refractivity contribution in [1.82, 2.24) is 10.6 Å². The van der Waals surface area contributed by atoms with Crippen LogP contribution in [0.2, 0.25) is 0 Å². The molecule has 1 aliphatic rings. The van der Waals surface area contributed by atoms with Gasteiger partial charge in [0, 0.05) is 30.2 Å². The number of nitro benzene ring substituents is 1. The molecule has 8 heteroatoms. The van der Waals surface area contributed by atoms with Crippen LogP contribution in [0.25, 0.3) is 0 Å². The Kier molecular flexibility index (Phi) is 6.78. The second-order valence-corrected chi connectivity index (χ2v) is 7.47. The molecule has 0 aliphatic carbocycles. The van der Waals surface area contributed by atoms with Crippen molar-refractivity contribution in [2.75, 3.05) is 13.2 Å². The van der Waals surface area contributed by atoms with E-state index in [4.69, 9.17) is 4.74 Å². The first kappa shape index (κ1) is 19.3. The zero-order valence-corrected chi connectivity index (χ0v) is 16.1. The maximum atomic E-state index is 10.8. The topological polar surface area (TPSA) is 88.8 Å². The van der Waals surface area contributed by atoms with Gasteiger partial charge in [-0.15, -0.1) is 11.3 Å². The summed E-state index contributed by atoms with van der Waals surface area (Å²) in [5, 5.41) is 19.6. The number of ether oxygens (including phenoxy) is 1. The number of hydrogen-bond acceptors (Lipinski definition) is 5. The van der Waals surface area contributed by atoms with E-state index in [1.807, 2.05) is 6.07 Å². The average Bonchev–Trinajstić information content (AvgIpc) is 3.38. The first-order valence-electron chi connectivity index (χ1n) is 9.05. The van der Waals surface area contributed by atoms with Gasteiger partial charge >= 0.3 is 0 Å². The second kappa shape index (κ2) is 9.48. The first-order valence-corrected chi connectivity index (χ1v) is 9.93. The zero-order chi connectivity index (χ0) is 19.1. The van der Waals surface area contributed by atoms with Crippen LogP contribution < -0.4 is 10.6 Å². The van der Waals surface area contributed by atoms with E-state index in [1.165, 1.54) is 17.0 Å². The van der Waals surface area contributed by atoms with Gasteiger partial charge in [-0.05, 0) is 36.8 Å². The minimum atomic E-state index is -0.397. The van der Waals surface area contributed by atoms with Crippen LogP contribution in [0.15, 0.2) is 46.8 Å². The van der Waals surface area contributed by atoms with E-state index < -0.39 is 4.92 Å². The van der Waals surface area contributed by atoms with Crippen LogP contribution in [0, 0.1) is 10.1 Å². The molecule has 2 N–H and O–H groups in total. The molecule has 1 saturated heterocycles. The van der Waals surface area contributed by atoms with Gasteiger partial charge in [-0.3, -0.25) is 10.1 Å². The largest absolute Gasteiger partial charge is 0.376 e. The molecule has 0 radical (unpaired) electrons. The van der Waals surface area contributed by atoms with E-state index in [0.717, 1.165) is 25.0 Å². The van der Waals surface area contributed by atoms with Crippen molar-refractivity contribution < 1.29 is 9.66 Å². The van der Waals surface area contributed by atoms with Gasteiger partial charge in [0.25, 0.3) is 5.69 Å². The van der Waals surface area contributed by atoms with E-state index in [1.54, 1.807) is 23.5 Å². The number of hydrogen-bond donors (Lipinski definition) is 2. The summed E-state index contributed by atoms with van der Waals surface area (Å²) in [5.74, 6) is 0.713. The maximum absolute atomic E-state index is 10.8. The molecule has 0 saturated carbocycles. The zero-order valence-electron chi connectivity index (χ0n) is 15.3.